The topological polar surface area (TPSA) is 20.3 Å². The Morgan fingerprint density at radius 1 is 1.06 bits per heavy atom. The van der Waals surface area contributed by atoms with Gasteiger partial charge in [-0.25, -0.2) is 0 Å². The molecule has 16 heavy (non-hydrogen) atoms. The number of likely N-dealkylation sites (N-methyl/N-ethyl adjacent to an activating group) is 1. The minimum Gasteiger partial charge on any atom is -0.342 e. The van der Waals surface area contributed by atoms with Gasteiger partial charge in [-0.05, 0) is 12.8 Å². The van der Waals surface area contributed by atoms with Crippen LogP contribution in [0, 0.1) is 0 Å². The molecule has 2 nitrogen and oxygen atoms in total. The lowest BCUT2D eigenvalue weighted by Gasteiger charge is -2.10. The molecule has 0 fully saturated rings. The molecule has 0 aliphatic carbocycles. The fraction of sp³-hybridized carbons (Fsp3) is 0.786. The lowest BCUT2D eigenvalue weighted by Crippen LogP contribution is -2.23. The van der Waals surface area contributed by atoms with Crippen molar-refractivity contribution in [1.29, 1.82) is 0 Å². The van der Waals surface area contributed by atoms with Crippen molar-refractivity contribution in [3.05, 3.63) is 12.2 Å². The van der Waals surface area contributed by atoms with Crippen LogP contribution in [0.5, 0.6) is 0 Å². The molecule has 0 aromatic rings. The lowest BCUT2D eigenvalue weighted by atomic mass is 10.1. The molecule has 0 aromatic heterocycles. The number of nitrogens with zero attached hydrogens (tertiary/aromatic N) is 1. The monoisotopic (exact) mass is 225 g/mol. The van der Waals surface area contributed by atoms with Crippen molar-refractivity contribution in [1.82, 2.24) is 4.90 Å². The van der Waals surface area contributed by atoms with Gasteiger partial charge in [0, 0.05) is 20.5 Å². The van der Waals surface area contributed by atoms with Crippen molar-refractivity contribution >= 4 is 5.91 Å². The number of allylic oxidation sites excluding steroid dienone is 1. The first-order chi connectivity index (χ1) is 7.68. The molecule has 0 aliphatic rings. The summed E-state index contributed by atoms with van der Waals surface area (Å²) in [6, 6.07) is 0. The molecule has 0 radical (unpaired) electrons. The van der Waals surface area contributed by atoms with E-state index in [-0.39, 0.29) is 5.91 Å². The Balaban J connectivity index is 3.25. The molecule has 0 bridgehead atoms. The van der Waals surface area contributed by atoms with E-state index in [0.717, 1.165) is 13.0 Å². The lowest BCUT2D eigenvalue weighted by molar-refractivity contribution is -0.127. The van der Waals surface area contributed by atoms with Crippen LogP contribution in [-0.2, 0) is 4.79 Å². The number of carbonyl (C=O) groups is 1. The number of rotatable bonds is 9. The average Bonchev–Trinajstić information content (AvgIpc) is 2.26. The molecule has 0 spiro atoms. The molecule has 0 unspecified atom stereocenters. The summed E-state index contributed by atoms with van der Waals surface area (Å²) in [5.74, 6) is 0.129. The van der Waals surface area contributed by atoms with Crippen LogP contribution in [0.25, 0.3) is 0 Å². The van der Waals surface area contributed by atoms with Gasteiger partial charge in [-0.1, -0.05) is 51.2 Å². The highest BCUT2D eigenvalue weighted by atomic mass is 16.2. The van der Waals surface area contributed by atoms with Crippen LogP contribution in [0.2, 0.25) is 0 Å². The molecule has 0 rings (SSSR count). The Morgan fingerprint density at radius 3 is 2.31 bits per heavy atom. The number of carbonyl (C=O) groups excluding carboxylic acids is 1. The first kappa shape index (κ1) is 15.2. The second-order valence-electron chi connectivity index (χ2n) is 4.43. The van der Waals surface area contributed by atoms with E-state index in [1.807, 2.05) is 7.05 Å². The SMILES string of the molecule is CCCCCCCCC=CCN(C)C(C)=O. The Labute approximate surface area is 101 Å². The van der Waals surface area contributed by atoms with E-state index in [9.17, 15) is 4.79 Å². The van der Waals surface area contributed by atoms with Crippen LogP contribution in [-0.4, -0.2) is 24.4 Å². The minimum atomic E-state index is 0.129. The quantitative estimate of drug-likeness (QED) is 0.432. The van der Waals surface area contributed by atoms with E-state index in [1.54, 1.807) is 11.8 Å². The Hall–Kier alpha value is -0.790. The maximum absolute atomic E-state index is 10.9. The molecule has 0 aliphatic heterocycles. The molecule has 0 atom stereocenters. The van der Waals surface area contributed by atoms with Gasteiger partial charge in [-0.15, -0.1) is 0 Å². The third kappa shape index (κ3) is 9.75. The summed E-state index contributed by atoms with van der Waals surface area (Å²) in [7, 11) is 1.83. The summed E-state index contributed by atoms with van der Waals surface area (Å²) in [4.78, 5) is 12.6. The van der Waals surface area contributed by atoms with Gasteiger partial charge in [-0.2, -0.15) is 0 Å². The van der Waals surface area contributed by atoms with Gasteiger partial charge >= 0.3 is 0 Å². The van der Waals surface area contributed by atoms with Crippen molar-refractivity contribution in [3.8, 4) is 0 Å². The smallest absolute Gasteiger partial charge is 0.219 e. The second kappa shape index (κ2) is 10.7. The summed E-state index contributed by atoms with van der Waals surface area (Å²) < 4.78 is 0. The van der Waals surface area contributed by atoms with Gasteiger partial charge in [-0.3, -0.25) is 4.79 Å². The van der Waals surface area contributed by atoms with E-state index < -0.39 is 0 Å². The van der Waals surface area contributed by atoms with Gasteiger partial charge in [0.2, 0.25) is 5.91 Å². The zero-order valence-corrected chi connectivity index (χ0v) is 11.2. The molecule has 2 heteroatoms. The van der Waals surface area contributed by atoms with E-state index in [4.69, 9.17) is 0 Å². The zero-order chi connectivity index (χ0) is 12.2. The maximum Gasteiger partial charge on any atom is 0.219 e. The fourth-order valence-corrected chi connectivity index (χ4v) is 1.52. The number of hydrogen-bond acceptors (Lipinski definition) is 1. The third-order valence-corrected chi connectivity index (χ3v) is 2.81. The van der Waals surface area contributed by atoms with Crippen molar-refractivity contribution in [2.24, 2.45) is 0 Å². The van der Waals surface area contributed by atoms with Crippen molar-refractivity contribution in [3.63, 3.8) is 0 Å². The van der Waals surface area contributed by atoms with Crippen molar-refractivity contribution in [2.75, 3.05) is 13.6 Å². The number of amides is 1. The summed E-state index contributed by atoms with van der Waals surface area (Å²) >= 11 is 0. The predicted molar refractivity (Wildman–Crippen MR) is 70.4 cm³/mol. The van der Waals surface area contributed by atoms with Crippen LogP contribution < -0.4 is 0 Å². The van der Waals surface area contributed by atoms with Crippen molar-refractivity contribution < 1.29 is 4.79 Å². The fourth-order valence-electron chi connectivity index (χ4n) is 1.52. The van der Waals surface area contributed by atoms with Gasteiger partial charge < -0.3 is 4.90 Å². The van der Waals surface area contributed by atoms with Crippen LogP contribution in [0.3, 0.4) is 0 Å². The van der Waals surface area contributed by atoms with E-state index in [2.05, 4.69) is 19.1 Å². The molecule has 0 aromatic carbocycles. The minimum absolute atomic E-state index is 0.129. The third-order valence-electron chi connectivity index (χ3n) is 2.81. The predicted octanol–water partition coefficient (Wildman–Crippen LogP) is 3.77. The van der Waals surface area contributed by atoms with Crippen LogP contribution in [0.15, 0.2) is 12.2 Å². The number of hydrogen-bond donors (Lipinski definition) is 0. The molecule has 0 saturated heterocycles. The number of unbranched alkanes of at least 4 members (excludes halogenated alkanes) is 6. The Kier molecular flexibility index (Phi) is 10.2. The standard InChI is InChI=1S/C14H27NO/c1-4-5-6-7-8-9-10-11-12-13-15(3)14(2)16/h11-12H,4-10,13H2,1-3H3. The molecule has 1 amide bonds. The van der Waals surface area contributed by atoms with Gasteiger partial charge in [0.25, 0.3) is 0 Å². The summed E-state index contributed by atoms with van der Waals surface area (Å²) in [5.41, 5.74) is 0. The molecular weight excluding hydrogens is 198 g/mol. The normalized spacial score (nSPS) is 10.9. The highest BCUT2D eigenvalue weighted by Crippen LogP contribution is 2.07. The van der Waals surface area contributed by atoms with Crippen molar-refractivity contribution in [2.45, 2.75) is 58.8 Å². The maximum atomic E-state index is 10.9. The summed E-state index contributed by atoms with van der Waals surface area (Å²) in [6.07, 6.45) is 13.5. The largest absolute Gasteiger partial charge is 0.342 e. The average molecular weight is 225 g/mol. The van der Waals surface area contributed by atoms with E-state index in [1.165, 1.54) is 38.5 Å². The Bertz CT molecular complexity index is 199. The van der Waals surface area contributed by atoms with Crippen LogP contribution >= 0.6 is 0 Å². The summed E-state index contributed by atoms with van der Waals surface area (Å²) in [5, 5.41) is 0. The summed E-state index contributed by atoms with van der Waals surface area (Å²) in [6.45, 7) is 4.58. The highest BCUT2D eigenvalue weighted by Gasteiger charge is 1.96. The molecule has 94 valence electrons. The molecule has 0 N–H and O–H groups in total. The highest BCUT2D eigenvalue weighted by molar-refractivity contribution is 5.72. The molecular formula is C14H27NO. The Morgan fingerprint density at radius 2 is 1.69 bits per heavy atom. The second-order valence-corrected chi connectivity index (χ2v) is 4.43. The first-order valence-corrected chi connectivity index (χ1v) is 6.55. The first-order valence-electron chi connectivity index (χ1n) is 6.55. The van der Waals surface area contributed by atoms with Gasteiger partial charge in [0.1, 0.15) is 0 Å². The molecule has 0 saturated carbocycles. The molecule has 0 heterocycles. The van der Waals surface area contributed by atoms with Crippen LogP contribution in [0.1, 0.15) is 58.8 Å². The zero-order valence-electron chi connectivity index (χ0n) is 11.2. The van der Waals surface area contributed by atoms with E-state index in [0.29, 0.717) is 0 Å². The van der Waals surface area contributed by atoms with Gasteiger partial charge in [0.15, 0.2) is 0 Å². The van der Waals surface area contributed by atoms with E-state index >= 15 is 0 Å². The van der Waals surface area contributed by atoms with Crippen LogP contribution in [0.4, 0.5) is 0 Å². The van der Waals surface area contributed by atoms with Gasteiger partial charge in [0.05, 0.1) is 0 Å².